The fraction of sp³-hybridized carbons (Fsp3) is 0.167. The smallest absolute Gasteiger partial charge is 0.255 e. The Morgan fingerprint density at radius 2 is 1.81 bits per heavy atom. The van der Waals surface area contributed by atoms with E-state index in [9.17, 15) is 13.2 Å². The molecule has 0 aliphatic carbocycles. The standard InChI is InChI=1S/C18H18N4O3S/c1-12-4-9-15(26(3,24)25)10-16(12)18(23)20-14-7-5-13(6-8-14)17-19-11-22(2)21-17/h4-11H,1-3H3,(H,20,23). The van der Waals surface area contributed by atoms with E-state index in [2.05, 4.69) is 15.4 Å². The van der Waals surface area contributed by atoms with E-state index in [1.165, 1.54) is 12.1 Å². The third-order valence-electron chi connectivity index (χ3n) is 3.88. The van der Waals surface area contributed by atoms with Crippen LogP contribution in [0.3, 0.4) is 0 Å². The Morgan fingerprint density at radius 1 is 1.12 bits per heavy atom. The van der Waals surface area contributed by atoms with E-state index < -0.39 is 9.84 Å². The number of anilines is 1. The first-order valence-corrected chi connectivity index (χ1v) is 9.71. The van der Waals surface area contributed by atoms with E-state index in [1.807, 2.05) is 12.1 Å². The minimum absolute atomic E-state index is 0.116. The number of carbonyl (C=O) groups excluding carboxylic acids is 1. The lowest BCUT2D eigenvalue weighted by Gasteiger charge is -2.09. The van der Waals surface area contributed by atoms with Crippen molar-refractivity contribution in [2.24, 2.45) is 7.05 Å². The van der Waals surface area contributed by atoms with Crippen molar-refractivity contribution in [1.29, 1.82) is 0 Å². The van der Waals surface area contributed by atoms with Crippen LogP contribution in [0.15, 0.2) is 53.7 Å². The van der Waals surface area contributed by atoms with Crippen LogP contribution in [-0.4, -0.2) is 35.3 Å². The van der Waals surface area contributed by atoms with Crippen molar-refractivity contribution in [2.45, 2.75) is 11.8 Å². The Labute approximate surface area is 151 Å². The molecule has 1 aromatic heterocycles. The molecule has 2 aromatic carbocycles. The maximum Gasteiger partial charge on any atom is 0.255 e. The molecule has 0 aliphatic heterocycles. The molecule has 1 heterocycles. The first-order chi connectivity index (χ1) is 12.2. The molecule has 3 aromatic rings. The Balaban J connectivity index is 1.82. The van der Waals surface area contributed by atoms with Crippen molar-refractivity contribution in [2.75, 3.05) is 11.6 Å². The fourth-order valence-corrected chi connectivity index (χ4v) is 3.10. The van der Waals surface area contributed by atoms with Gasteiger partial charge in [-0.2, -0.15) is 5.10 Å². The summed E-state index contributed by atoms with van der Waals surface area (Å²) in [6.07, 6.45) is 2.73. The Hall–Kier alpha value is -3.00. The van der Waals surface area contributed by atoms with Crippen molar-refractivity contribution in [3.8, 4) is 11.4 Å². The van der Waals surface area contributed by atoms with Crippen LogP contribution in [0.2, 0.25) is 0 Å². The van der Waals surface area contributed by atoms with E-state index >= 15 is 0 Å². The van der Waals surface area contributed by atoms with Gasteiger partial charge in [0.25, 0.3) is 5.91 Å². The van der Waals surface area contributed by atoms with Crippen LogP contribution in [0, 0.1) is 6.92 Å². The molecule has 8 heteroatoms. The molecule has 134 valence electrons. The largest absolute Gasteiger partial charge is 0.322 e. The number of amides is 1. The lowest BCUT2D eigenvalue weighted by atomic mass is 10.1. The average molecular weight is 370 g/mol. The number of sulfone groups is 1. The molecule has 3 rings (SSSR count). The van der Waals surface area contributed by atoms with Gasteiger partial charge in [0.15, 0.2) is 15.7 Å². The molecule has 0 spiro atoms. The third-order valence-corrected chi connectivity index (χ3v) is 4.99. The highest BCUT2D eigenvalue weighted by molar-refractivity contribution is 7.90. The second kappa shape index (κ2) is 6.72. The molecular formula is C18H18N4O3S. The van der Waals surface area contributed by atoms with Gasteiger partial charge in [-0.15, -0.1) is 0 Å². The summed E-state index contributed by atoms with van der Waals surface area (Å²) in [4.78, 5) is 16.8. The summed E-state index contributed by atoms with van der Waals surface area (Å²) in [5.41, 5.74) is 2.45. The molecular weight excluding hydrogens is 352 g/mol. The average Bonchev–Trinajstić information content (AvgIpc) is 3.01. The van der Waals surface area contributed by atoms with Crippen LogP contribution in [0.4, 0.5) is 5.69 Å². The van der Waals surface area contributed by atoms with Gasteiger partial charge in [0.1, 0.15) is 6.33 Å². The second-order valence-corrected chi connectivity index (χ2v) is 8.04. The first kappa shape index (κ1) is 17.8. The van der Waals surface area contributed by atoms with Gasteiger partial charge in [-0.3, -0.25) is 9.48 Å². The molecule has 0 radical (unpaired) electrons. The Bertz CT molecular complexity index is 1070. The number of benzene rings is 2. The third kappa shape index (κ3) is 3.80. The summed E-state index contributed by atoms with van der Waals surface area (Å²) in [6, 6.07) is 11.6. The highest BCUT2D eigenvalue weighted by atomic mass is 32.2. The van der Waals surface area contributed by atoms with Gasteiger partial charge in [0.05, 0.1) is 4.90 Å². The van der Waals surface area contributed by atoms with Gasteiger partial charge in [-0.1, -0.05) is 6.07 Å². The van der Waals surface area contributed by atoms with Crippen LogP contribution < -0.4 is 5.32 Å². The van der Waals surface area contributed by atoms with Gasteiger partial charge >= 0.3 is 0 Å². The predicted octanol–water partition coefficient (Wildman–Crippen LogP) is 2.45. The van der Waals surface area contributed by atoms with E-state index in [4.69, 9.17) is 0 Å². The van der Waals surface area contributed by atoms with Crippen LogP contribution in [0.5, 0.6) is 0 Å². The molecule has 0 atom stereocenters. The van der Waals surface area contributed by atoms with Crippen LogP contribution in [0.1, 0.15) is 15.9 Å². The summed E-state index contributed by atoms with van der Waals surface area (Å²) in [5.74, 6) is 0.235. The van der Waals surface area contributed by atoms with Crippen LogP contribution >= 0.6 is 0 Å². The summed E-state index contributed by atoms with van der Waals surface area (Å²) in [5, 5.41) is 7.01. The van der Waals surface area contributed by atoms with Gasteiger partial charge < -0.3 is 5.32 Å². The summed E-state index contributed by atoms with van der Waals surface area (Å²) in [7, 11) is -1.59. The zero-order chi connectivity index (χ0) is 18.9. The number of nitrogens with one attached hydrogen (secondary N) is 1. The number of hydrogen-bond acceptors (Lipinski definition) is 5. The van der Waals surface area contributed by atoms with Crippen LogP contribution in [-0.2, 0) is 16.9 Å². The molecule has 26 heavy (non-hydrogen) atoms. The predicted molar refractivity (Wildman–Crippen MR) is 98.7 cm³/mol. The van der Waals surface area contributed by atoms with Crippen molar-refractivity contribution in [3.63, 3.8) is 0 Å². The van der Waals surface area contributed by atoms with Gasteiger partial charge in [-0.25, -0.2) is 13.4 Å². The number of rotatable bonds is 4. The van der Waals surface area contributed by atoms with Crippen molar-refractivity contribution in [3.05, 3.63) is 59.9 Å². The zero-order valence-corrected chi connectivity index (χ0v) is 15.4. The van der Waals surface area contributed by atoms with Crippen molar-refractivity contribution < 1.29 is 13.2 Å². The monoisotopic (exact) mass is 370 g/mol. The maximum atomic E-state index is 12.5. The quantitative estimate of drug-likeness (QED) is 0.761. The lowest BCUT2D eigenvalue weighted by molar-refractivity contribution is 0.102. The van der Waals surface area contributed by atoms with E-state index in [1.54, 1.807) is 43.2 Å². The molecule has 1 N–H and O–H groups in total. The van der Waals surface area contributed by atoms with E-state index in [-0.39, 0.29) is 10.8 Å². The molecule has 0 fully saturated rings. The van der Waals surface area contributed by atoms with Gasteiger partial charge in [0, 0.05) is 30.1 Å². The van der Waals surface area contributed by atoms with Crippen LogP contribution in [0.25, 0.3) is 11.4 Å². The summed E-state index contributed by atoms with van der Waals surface area (Å²) in [6.45, 7) is 1.76. The van der Waals surface area contributed by atoms with Crippen molar-refractivity contribution >= 4 is 21.4 Å². The van der Waals surface area contributed by atoms with E-state index in [0.29, 0.717) is 22.6 Å². The summed E-state index contributed by atoms with van der Waals surface area (Å²) < 4.78 is 25.0. The molecule has 0 saturated carbocycles. The molecule has 1 amide bonds. The minimum atomic E-state index is -3.38. The second-order valence-electron chi connectivity index (χ2n) is 6.02. The fourth-order valence-electron chi connectivity index (χ4n) is 2.45. The topological polar surface area (TPSA) is 94.0 Å². The number of nitrogens with zero attached hydrogens (tertiary/aromatic N) is 3. The lowest BCUT2D eigenvalue weighted by Crippen LogP contribution is -2.14. The highest BCUT2D eigenvalue weighted by Gasteiger charge is 2.15. The Morgan fingerprint density at radius 3 is 2.38 bits per heavy atom. The number of hydrogen-bond donors (Lipinski definition) is 1. The van der Waals surface area contributed by atoms with Gasteiger partial charge in [-0.05, 0) is 48.9 Å². The number of carbonyl (C=O) groups is 1. The number of aromatic nitrogens is 3. The first-order valence-electron chi connectivity index (χ1n) is 7.82. The minimum Gasteiger partial charge on any atom is -0.322 e. The highest BCUT2D eigenvalue weighted by Crippen LogP contribution is 2.20. The molecule has 0 unspecified atom stereocenters. The molecule has 0 aliphatic rings. The Kier molecular flexibility index (Phi) is 4.60. The zero-order valence-electron chi connectivity index (χ0n) is 14.6. The SMILES string of the molecule is Cc1ccc(S(C)(=O)=O)cc1C(=O)Nc1ccc(-c2ncn(C)n2)cc1. The molecule has 0 saturated heterocycles. The molecule has 0 bridgehead atoms. The summed E-state index contributed by atoms with van der Waals surface area (Å²) >= 11 is 0. The van der Waals surface area contributed by atoms with Crippen molar-refractivity contribution in [1.82, 2.24) is 14.8 Å². The maximum absolute atomic E-state index is 12.5. The number of aryl methyl sites for hydroxylation is 2. The normalized spacial score (nSPS) is 11.3. The molecule has 7 nitrogen and oxygen atoms in total. The van der Waals surface area contributed by atoms with E-state index in [0.717, 1.165) is 11.8 Å². The van der Waals surface area contributed by atoms with Gasteiger partial charge in [0.2, 0.25) is 0 Å².